The van der Waals surface area contributed by atoms with Gasteiger partial charge in [0.2, 0.25) is 23.6 Å². The van der Waals surface area contributed by atoms with Crippen LogP contribution in [0, 0.1) is 6.92 Å². The van der Waals surface area contributed by atoms with E-state index in [1.165, 1.54) is 11.1 Å². The number of pyridine rings is 2. The Morgan fingerprint density at radius 3 is 2.28 bits per heavy atom. The lowest BCUT2D eigenvalue weighted by molar-refractivity contribution is -0.136. The number of amides is 6. The zero-order valence-corrected chi connectivity index (χ0v) is 37.3. The van der Waals surface area contributed by atoms with Crippen LogP contribution in [0.2, 0.25) is 0 Å². The molecule has 1 unspecified atom stereocenters. The molecule has 65 heavy (non-hydrogen) atoms. The van der Waals surface area contributed by atoms with Crippen LogP contribution in [0.3, 0.4) is 0 Å². The lowest BCUT2D eigenvalue weighted by atomic mass is 9.85. The van der Waals surface area contributed by atoms with Crippen LogP contribution < -0.4 is 24.9 Å². The molecule has 332 valence electrons. The van der Waals surface area contributed by atoms with E-state index in [4.69, 9.17) is 4.98 Å². The average Bonchev–Trinajstić information content (AvgIpc) is 3.99. The van der Waals surface area contributed by atoms with E-state index >= 15 is 0 Å². The number of urea groups is 1. The summed E-state index contributed by atoms with van der Waals surface area (Å²) in [5, 5.41) is 2.41. The van der Waals surface area contributed by atoms with Crippen LogP contribution in [0.5, 0.6) is 0 Å². The van der Waals surface area contributed by atoms with Gasteiger partial charge in [-0.05, 0) is 153 Å². The number of carbonyl (C=O) groups is 5. The lowest BCUT2D eigenvalue weighted by Gasteiger charge is -2.32. The Morgan fingerprint density at radius 2 is 1.54 bits per heavy atom. The van der Waals surface area contributed by atoms with Gasteiger partial charge in [0.1, 0.15) is 11.9 Å². The molecule has 1 N–H and O–H groups in total. The summed E-state index contributed by atoms with van der Waals surface area (Å²) in [5.41, 5.74) is 10.1. The zero-order valence-electron chi connectivity index (χ0n) is 37.3. The molecule has 1 atom stereocenters. The van der Waals surface area contributed by atoms with Crippen molar-refractivity contribution < 1.29 is 24.0 Å². The van der Waals surface area contributed by atoms with Crippen LogP contribution in [-0.4, -0.2) is 89.8 Å². The van der Waals surface area contributed by atoms with Crippen molar-refractivity contribution in [1.82, 2.24) is 20.2 Å². The summed E-state index contributed by atoms with van der Waals surface area (Å²) in [7, 11) is 0. The first-order chi connectivity index (χ1) is 31.5. The zero-order chi connectivity index (χ0) is 45.0. The fourth-order valence-corrected chi connectivity index (χ4v) is 10.6. The Hall–Kier alpha value is -6.73. The topological polar surface area (TPSA) is 139 Å². The van der Waals surface area contributed by atoms with Crippen molar-refractivity contribution in [3.8, 4) is 22.3 Å². The highest BCUT2D eigenvalue weighted by Gasteiger charge is 2.49. The minimum absolute atomic E-state index is 0.106. The smallest absolute Gasteiger partial charge is 0.312 e. The maximum absolute atomic E-state index is 13.7. The highest BCUT2D eigenvalue weighted by atomic mass is 16.2. The van der Waals surface area contributed by atoms with Crippen LogP contribution in [0.4, 0.5) is 27.7 Å². The Morgan fingerprint density at radius 1 is 0.738 bits per heavy atom. The van der Waals surface area contributed by atoms with Gasteiger partial charge in [-0.15, -0.1) is 0 Å². The van der Waals surface area contributed by atoms with Gasteiger partial charge in [-0.3, -0.25) is 44.2 Å². The third kappa shape index (κ3) is 7.75. The molecule has 13 heteroatoms. The summed E-state index contributed by atoms with van der Waals surface area (Å²) < 4.78 is 0. The number of nitrogens with zero attached hydrogens (tertiary/aromatic N) is 7. The van der Waals surface area contributed by atoms with Gasteiger partial charge in [0, 0.05) is 62.8 Å². The van der Waals surface area contributed by atoms with E-state index in [2.05, 4.69) is 63.7 Å². The molecule has 0 saturated carbocycles. The number of nitrogens with one attached hydrogen (secondary N) is 1. The van der Waals surface area contributed by atoms with Crippen molar-refractivity contribution in [2.75, 3.05) is 58.9 Å². The third-order valence-electron chi connectivity index (χ3n) is 14.3. The maximum Gasteiger partial charge on any atom is 0.330 e. The van der Waals surface area contributed by atoms with Crippen LogP contribution in [0.15, 0.2) is 97.5 Å². The summed E-state index contributed by atoms with van der Waals surface area (Å²) in [6.07, 6.45) is 10.1. The van der Waals surface area contributed by atoms with Crippen molar-refractivity contribution in [2.45, 2.75) is 83.1 Å². The van der Waals surface area contributed by atoms with Gasteiger partial charge in [0.15, 0.2) is 0 Å². The van der Waals surface area contributed by atoms with E-state index < -0.39 is 17.4 Å². The highest BCUT2D eigenvalue weighted by Crippen LogP contribution is 2.45. The second kappa shape index (κ2) is 17.0. The molecule has 4 fully saturated rings. The standard InChI is InChI=1S/C52H54N8O5/c1-33-40(18-23-54-48(33)59-29-28-58(51(59)65)39-6-4-22-53-32-39)41-14-13-38(57-24-5-7-47(57)62)31-42(41)37-11-9-35(10-12-37)36-20-26-56(27-21-36)25-19-34-8-15-44-43(30-34)52(2,3)50(64)60(44)45-16-17-46(61)55-49(45)63/h4,6,8-15,18,22-23,30-32,36,45H,5,7,16-17,19-21,24-29H2,1-3H3,(H,55,61,63). The molecule has 5 aliphatic rings. The molecule has 10 rings (SSSR count). The molecule has 5 aromatic rings. The van der Waals surface area contributed by atoms with Crippen LogP contribution in [0.1, 0.15) is 80.5 Å². The van der Waals surface area contributed by atoms with E-state index in [1.54, 1.807) is 33.3 Å². The number of aromatic nitrogens is 2. The molecule has 0 aliphatic carbocycles. The monoisotopic (exact) mass is 870 g/mol. The number of likely N-dealkylation sites (tertiary alicyclic amines) is 1. The number of anilines is 4. The molecule has 13 nitrogen and oxygen atoms in total. The number of carbonyl (C=O) groups excluding carboxylic acids is 5. The molecule has 0 radical (unpaired) electrons. The number of fused-ring (bicyclic) bond motifs is 1. The van der Waals surface area contributed by atoms with Crippen molar-refractivity contribution in [1.29, 1.82) is 0 Å². The molecular weight excluding hydrogens is 817 g/mol. The SMILES string of the molecule is Cc1c(-c2ccc(N3CCCC3=O)cc2-c2ccc(C3CCN(CCc4ccc5c(c4)C(C)(C)C(=O)N5C4CCC(=O)NC4=O)CC3)cc2)ccnc1N1CCN(c2cccnc2)C1=O. The minimum Gasteiger partial charge on any atom is -0.312 e. The predicted molar refractivity (Wildman–Crippen MR) is 251 cm³/mol. The van der Waals surface area contributed by atoms with Crippen molar-refractivity contribution in [3.63, 3.8) is 0 Å². The van der Waals surface area contributed by atoms with Gasteiger partial charge in [0.25, 0.3) is 0 Å². The van der Waals surface area contributed by atoms with E-state index in [9.17, 15) is 24.0 Å². The molecule has 6 amide bonds. The van der Waals surface area contributed by atoms with Crippen molar-refractivity contribution in [3.05, 3.63) is 120 Å². The maximum atomic E-state index is 13.7. The summed E-state index contributed by atoms with van der Waals surface area (Å²) in [4.78, 5) is 83.3. The number of benzene rings is 3. The van der Waals surface area contributed by atoms with Gasteiger partial charge in [-0.2, -0.15) is 0 Å². The summed E-state index contributed by atoms with van der Waals surface area (Å²) in [5.74, 6) is 0.411. The molecule has 5 aliphatic heterocycles. The van der Waals surface area contributed by atoms with Gasteiger partial charge in [-0.1, -0.05) is 42.5 Å². The molecule has 0 bridgehead atoms. The Labute approximate surface area is 379 Å². The first-order valence-electron chi connectivity index (χ1n) is 23.0. The van der Waals surface area contributed by atoms with E-state index in [0.717, 1.165) is 95.8 Å². The first-order valence-corrected chi connectivity index (χ1v) is 23.0. The second-order valence-electron chi connectivity index (χ2n) is 18.6. The van der Waals surface area contributed by atoms with Gasteiger partial charge >= 0.3 is 6.03 Å². The largest absolute Gasteiger partial charge is 0.330 e. The summed E-state index contributed by atoms with van der Waals surface area (Å²) in [6.45, 7) is 10.5. The van der Waals surface area contributed by atoms with Crippen LogP contribution in [-0.2, 0) is 31.0 Å². The number of piperidine rings is 2. The summed E-state index contributed by atoms with van der Waals surface area (Å²) in [6, 6.07) is 26.4. The average molecular weight is 871 g/mol. The van der Waals surface area contributed by atoms with Gasteiger partial charge in [-0.25, -0.2) is 9.78 Å². The van der Waals surface area contributed by atoms with Crippen LogP contribution >= 0.6 is 0 Å². The minimum atomic E-state index is -0.765. The number of hydrogen-bond acceptors (Lipinski definition) is 8. The molecule has 3 aromatic carbocycles. The Kier molecular flexibility index (Phi) is 11.0. The van der Waals surface area contributed by atoms with Crippen molar-refractivity contribution >= 4 is 52.5 Å². The molecular formula is C52H54N8O5. The lowest BCUT2D eigenvalue weighted by Crippen LogP contribution is -2.55. The van der Waals surface area contributed by atoms with E-state index in [1.807, 2.05) is 56.0 Å². The highest BCUT2D eigenvalue weighted by molar-refractivity contribution is 6.13. The first kappa shape index (κ1) is 42.2. The fourth-order valence-electron chi connectivity index (χ4n) is 10.6. The Balaban J connectivity index is 0.834. The normalized spacial score (nSPS) is 20.3. The number of rotatable bonds is 10. The predicted octanol–water partition coefficient (Wildman–Crippen LogP) is 7.54. The number of imide groups is 1. The fraction of sp³-hybridized carbons (Fsp3) is 0.365. The van der Waals surface area contributed by atoms with Gasteiger partial charge in [0.05, 0.1) is 17.3 Å². The molecule has 0 spiro atoms. The molecule has 7 heterocycles. The van der Waals surface area contributed by atoms with Crippen LogP contribution in [0.25, 0.3) is 22.3 Å². The van der Waals surface area contributed by atoms with Crippen molar-refractivity contribution in [2.24, 2.45) is 0 Å². The third-order valence-corrected chi connectivity index (χ3v) is 14.3. The summed E-state index contributed by atoms with van der Waals surface area (Å²) >= 11 is 0. The molecule has 4 saturated heterocycles. The second-order valence-corrected chi connectivity index (χ2v) is 18.6. The number of hydrogen-bond donors (Lipinski definition) is 1. The van der Waals surface area contributed by atoms with E-state index in [0.29, 0.717) is 44.2 Å². The van der Waals surface area contributed by atoms with Gasteiger partial charge < -0.3 is 9.80 Å². The Bertz CT molecular complexity index is 2710. The molecule has 2 aromatic heterocycles. The van der Waals surface area contributed by atoms with E-state index in [-0.39, 0.29) is 30.2 Å². The quantitative estimate of drug-likeness (QED) is 0.142.